The molecule has 1 unspecified atom stereocenters. The molecular formula is C15H15NO2S. The number of aromatic nitrogens is 1. The highest BCUT2D eigenvalue weighted by Gasteiger charge is 2.26. The van der Waals surface area contributed by atoms with Crippen LogP contribution in [0.2, 0.25) is 0 Å². The molecule has 1 aliphatic carbocycles. The molecule has 0 bridgehead atoms. The molecule has 1 atom stereocenters. The van der Waals surface area contributed by atoms with Gasteiger partial charge in [0, 0.05) is 13.5 Å². The number of thiazole rings is 1. The van der Waals surface area contributed by atoms with E-state index in [0.29, 0.717) is 6.42 Å². The zero-order valence-corrected chi connectivity index (χ0v) is 11.6. The fourth-order valence-electron chi connectivity index (χ4n) is 2.41. The van der Waals surface area contributed by atoms with Gasteiger partial charge in [-0.25, -0.2) is 4.98 Å². The molecule has 0 saturated carbocycles. The van der Waals surface area contributed by atoms with E-state index in [4.69, 9.17) is 4.74 Å². The molecule has 19 heavy (non-hydrogen) atoms. The Labute approximate surface area is 116 Å². The Kier molecular flexibility index (Phi) is 3.44. The van der Waals surface area contributed by atoms with Crippen LogP contribution in [-0.4, -0.2) is 17.9 Å². The van der Waals surface area contributed by atoms with Gasteiger partial charge in [0.2, 0.25) is 0 Å². The largest absolute Gasteiger partial charge is 0.370 e. The molecule has 0 spiro atoms. The molecule has 0 N–H and O–H groups in total. The van der Waals surface area contributed by atoms with E-state index in [1.54, 1.807) is 7.11 Å². The van der Waals surface area contributed by atoms with Crippen molar-refractivity contribution in [2.24, 2.45) is 0 Å². The molecule has 1 heterocycles. The summed E-state index contributed by atoms with van der Waals surface area (Å²) in [6.45, 7) is 0. The lowest BCUT2D eigenvalue weighted by molar-refractivity contribution is 0.0976. The Morgan fingerprint density at radius 2 is 2.05 bits per heavy atom. The summed E-state index contributed by atoms with van der Waals surface area (Å²) in [5.41, 5.74) is 2.03. The summed E-state index contributed by atoms with van der Waals surface area (Å²) in [7, 11) is 1.68. The van der Waals surface area contributed by atoms with Crippen LogP contribution in [0.3, 0.4) is 0 Å². The Hall–Kier alpha value is -1.52. The van der Waals surface area contributed by atoms with E-state index >= 15 is 0 Å². The first kappa shape index (κ1) is 12.5. The topological polar surface area (TPSA) is 39.2 Å². The first-order chi connectivity index (χ1) is 9.29. The molecule has 2 aromatic rings. The molecule has 0 saturated heterocycles. The number of fused-ring (bicyclic) bond motifs is 1. The highest BCUT2D eigenvalue weighted by molar-refractivity contribution is 7.14. The van der Waals surface area contributed by atoms with E-state index in [1.165, 1.54) is 11.3 Å². The fraction of sp³-hybridized carbons (Fsp3) is 0.333. The van der Waals surface area contributed by atoms with Gasteiger partial charge in [0.05, 0.1) is 10.6 Å². The third-order valence-electron chi connectivity index (χ3n) is 3.35. The molecule has 1 aromatic carbocycles. The molecule has 0 fully saturated rings. The van der Waals surface area contributed by atoms with Crippen LogP contribution in [0.25, 0.3) is 0 Å². The number of hydrogen-bond donors (Lipinski definition) is 0. The van der Waals surface area contributed by atoms with Gasteiger partial charge >= 0.3 is 0 Å². The maximum Gasteiger partial charge on any atom is 0.174 e. The molecule has 1 aliphatic rings. The lowest BCUT2D eigenvalue weighted by atomic mass is 10.0. The summed E-state index contributed by atoms with van der Waals surface area (Å²) in [5, 5.41) is 0.883. The van der Waals surface area contributed by atoms with E-state index in [0.717, 1.165) is 34.0 Å². The van der Waals surface area contributed by atoms with Crippen molar-refractivity contribution in [3.63, 3.8) is 0 Å². The number of carbonyl (C=O) groups is 1. The summed E-state index contributed by atoms with van der Waals surface area (Å²) >= 11 is 1.49. The quantitative estimate of drug-likeness (QED) is 0.860. The summed E-state index contributed by atoms with van der Waals surface area (Å²) in [6, 6.07) is 10.00. The molecule has 0 radical (unpaired) electrons. The van der Waals surface area contributed by atoms with Crippen LogP contribution in [0.1, 0.15) is 44.9 Å². The predicted octanol–water partition coefficient (Wildman–Crippen LogP) is 3.40. The van der Waals surface area contributed by atoms with Crippen LogP contribution in [0.5, 0.6) is 0 Å². The van der Waals surface area contributed by atoms with Gasteiger partial charge < -0.3 is 4.74 Å². The highest BCUT2D eigenvalue weighted by atomic mass is 32.1. The van der Waals surface area contributed by atoms with E-state index in [-0.39, 0.29) is 11.9 Å². The van der Waals surface area contributed by atoms with Crippen molar-refractivity contribution in [1.29, 1.82) is 0 Å². The maximum absolute atomic E-state index is 11.9. The van der Waals surface area contributed by atoms with Gasteiger partial charge in [-0.2, -0.15) is 0 Å². The van der Waals surface area contributed by atoms with E-state index in [9.17, 15) is 4.79 Å². The molecule has 4 heteroatoms. The second-order valence-corrected chi connectivity index (χ2v) is 5.66. The first-order valence-corrected chi connectivity index (χ1v) is 7.22. The Balaban J connectivity index is 1.99. The smallest absolute Gasteiger partial charge is 0.174 e. The lowest BCUT2D eigenvalue weighted by Gasteiger charge is -2.12. The Bertz CT molecular complexity index is 591. The number of nitrogens with zero attached hydrogens (tertiary/aromatic N) is 1. The molecule has 0 amide bonds. The fourth-order valence-corrected chi connectivity index (χ4v) is 3.59. The van der Waals surface area contributed by atoms with Crippen molar-refractivity contribution in [3.05, 3.63) is 51.5 Å². The van der Waals surface area contributed by atoms with E-state index in [2.05, 4.69) is 4.98 Å². The molecule has 0 aliphatic heterocycles. The average Bonchev–Trinajstić information content (AvgIpc) is 2.86. The normalized spacial score (nSPS) is 16.2. The number of methoxy groups -OCH3 is 1. The SMILES string of the molecule is COC(c1ccccc1)c1nc2c(s1)C(=O)CCC2. The minimum Gasteiger partial charge on any atom is -0.370 e. The summed E-state index contributed by atoms with van der Waals surface area (Å²) < 4.78 is 5.57. The minimum atomic E-state index is -0.176. The van der Waals surface area contributed by atoms with Crippen LogP contribution in [0, 0.1) is 0 Å². The van der Waals surface area contributed by atoms with Crippen molar-refractivity contribution in [2.45, 2.75) is 25.4 Å². The zero-order chi connectivity index (χ0) is 13.2. The zero-order valence-electron chi connectivity index (χ0n) is 10.8. The molecule has 98 valence electrons. The second kappa shape index (κ2) is 5.23. The number of Topliss-reactive ketones (excluding diaryl/α,β-unsaturated/α-hetero) is 1. The number of ether oxygens (including phenoxy) is 1. The van der Waals surface area contributed by atoms with Gasteiger partial charge in [-0.1, -0.05) is 30.3 Å². The standard InChI is InChI=1S/C15H15NO2S/c1-18-13(10-6-3-2-4-7-10)15-16-11-8-5-9-12(17)14(11)19-15/h2-4,6-7,13H,5,8-9H2,1H3. The summed E-state index contributed by atoms with van der Waals surface area (Å²) in [6.07, 6.45) is 2.29. The van der Waals surface area contributed by atoms with Crippen LogP contribution >= 0.6 is 11.3 Å². The summed E-state index contributed by atoms with van der Waals surface area (Å²) in [4.78, 5) is 17.3. The van der Waals surface area contributed by atoms with Gasteiger partial charge in [-0.3, -0.25) is 4.79 Å². The molecule has 3 nitrogen and oxygen atoms in total. The van der Waals surface area contributed by atoms with Gasteiger partial charge in [0.25, 0.3) is 0 Å². The first-order valence-electron chi connectivity index (χ1n) is 6.40. The van der Waals surface area contributed by atoms with Gasteiger partial charge in [0.15, 0.2) is 5.78 Å². The molecule has 1 aromatic heterocycles. The minimum absolute atomic E-state index is 0.176. The van der Waals surface area contributed by atoms with Gasteiger partial charge in [-0.05, 0) is 18.4 Å². The second-order valence-electron chi connectivity index (χ2n) is 4.63. The molecular weight excluding hydrogens is 258 g/mol. The lowest BCUT2D eigenvalue weighted by Crippen LogP contribution is -2.08. The number of rotatable bonds is 3. The third kappa shape index (κ3) is 2.33. The highest BCUT2D eigenvalue weighted by Crippen LogP contribution is 2.33. The van der Waals surface area contributed by atoms with Crippen LogP contribution in [0.15, 0.2) is 30.3 Å². The predicted molar refractivity (Wildman–Crippen MR) is 74.7 cm³/mol. The van der Waals surface area contributed by atoms with Gasteiger partial charge in [-0.15, -0.1) is 11.3 Å². The van der Waals surface area contributed by atoms with Crippen molar-refractivity contribution >= 4 is 17.1 Å². The Morgan fingerprint density at radius 3 is 2.74 bits per heavy atom. The number of hydrogen-bond acceptors (Lipinski definition) is 4. The number of benzene rings is 1. The summed E-state index contributed by atoms with van der Waals surface area (Å²) in [5.74, 6) is 0.230. The van der Waals surface area contributed by atoms with E-state index < -0.39 is 0 Å². The van der Waals surface area contributed by atoms with Crippen LogP contribution in [0.4, 0.5) is 0 Å². The van der Waals surface area contributed by atoms with Crippen molar-refractivity contribution in [2.75, 3.05) is 7.11 Å². The van der Waals surface area contributed by atoms with Gasteiger partial charge in [0.1, 0.15) is 11.1 Å². The third-order valence-corrected chi connectivity index (χ3v) is 4.53. The Morgan fingerprint density at radius 1 is 1.26 bits per heavy atom. The number of carbonyl (C=O) groups excluding carboxylic acids is 1. The number of aryl methyl sites for hydroxylation is 1. The monoisotopic (exact) mass is 273 g/mol. The van der Waals surface area contributed by atoms with Crippen molar-refractivity contribution in [3.8, 4) is 0 Å². The molecule has 3 rings (SSSR count). The van der Waals surface area contributed by atoms with Crippen LogP contribution in [-0.2, 0) is 11.2 Å². The van der Waals surface area contributed by atoms with Crippen molar-refractivity contribution < 1.29 is 9.53 Å². The van der Waals surface area contributed by atoms with Crippen LogP contribution < -0.4 is 0 Å². The average molecular weight is 273 g/mol. The van der Waals surface area contributed by atoms with E-state index in [1.807, 2.05) is 30.3 Å². The number of ketones is 1. The maximum atomic E-state index is 11.9. The van der Waals surface area contributed by atoms with Crippen molar-refractivity contribution in [1.82, 2.24) is 4.98 Å².